The summed E-state index contributed by atoms with van der Waals surface area (Å²) in [6, 6.07) is 12.2. The molecule has 110 valence electrons. The van der Waals surface area contributed by atoms with Crippen molar-refractivity contribution in [3.05, 3.63) is 54.4 Å². The van der Waals surface area contributed by atoms with E-state index in [9.17, 15) is 5.11 Å². The molecule has 2 heterocycles. The molecule has 0 aliphatic carbocycles. The van der Waals surface area contributed by atoms with Gasteiger partial charge >= 0.3 is 0 Å². The highest BCUT2D eigenvalue weighted by molar-refractivity contribution is 5.47. The molecule has 1 aliphatic rings. The van der Waals surface area contributed by atoms with E-state index in [0.29, 0.717) is 18.6 Å². The van der Waals surface area contributed by atoms with Crippen LogP contribution in [0.25, 0.3) is 0 Å². The highest BCUT2D eigenvalue weighted by Gasteiger charge is 2.34. The van der Waals surface area contributed by atoms with Crippen molar-refractivity contribution in [2.75, 3.05) is 25.1 Å². The number of pyridine rings is 1. The minimum Gasteiger partial charge on any atom is -0.495 e. The SMILES string of the molecule is COc1cncc(C2(O)CCN(c3ccccc3)CC2)c1. The maximum absolute atomic E-state index is 10.9. The zero-order valence-electron chi connectivity index (χ0n) is 12.2. The second-order valence-electron chi connectivity index (χ2n) is 5.47. The van der Waals surface area contributed by atoms with E-state index in [1.807, 2.05) is 24.3 Å². The van der Waals surface area contributed by atoms with Crippen LogP contribution in [0, 0.1) is 0 Å². The van der Waals surface area contributed by atoms with Crippen LogP contribution in [0.5, 0.6) is 5.75 Å². The lowest BCUT2D eigenvalue weighted by atomic mass is 9.85. The molecule has 0 radical (unpaired) electrons. The van der Waals surface area contributed by atoms with Crippen molar-refractivity contribution in [3.63, 3.8) is 0 Å². The molecular formula is C17H20N2O2. The predicted octanol–water partition coefficient (Wildman–Crippen LogP) is 2.58. The molecule has 0 unspecified atom stereocenters. The fourth-order valence-electron chi connectivity index (χ4n) is 2.85. The van der Waals surface area contributed by atoms with Crippen LogP contribution in [0.15, 0.2) is 48.8 Å². The van der Waals surface area contributed by atoms with E-state index in [-0.39, 0.29) is 0 Å². The fraction of sp³-hybridized carbons (Fsp3) is 0.353. The van der Waals surface area contributed by atoms with Gasteiger partial charge in [0.05, 0.1) is 18.9 Å². The molecule has 3 rings (SSSR count). The maximum Gasteiger partial charge on any atom is 0.137 e. The number of hydrogen-bond acceptors (Lipinski definition) is 4. The van der Waals surface area contributed by atoms with Crippen LogP contribution < -0.4 is 9.64 Å². The van der Waals surface area contributed by atoms with Gasteiger partial charge in [-0.3, -0.25) is 4.98 Å². The molecule has 1 aliphatic heterocycles. The monoisotopic (exact) mass is 284 g/mol. The lowest BCUT2D eigenvalue weighted by Crippen LogP contribution is -2.42. The van der Waals surface area contributed by atoms with Gasteiger partial charge in [0, 0.05) is 30.5 Å². The summed E-state index contributed by atoms with van der Waals surface area (Å²) in [5.41, 5.74) is 1.24. The van der Waals surface area contributed by atoms with E-state index < -0.39 is 5.60 Å². The molecule has 4 nitrogen and oxygen atoms in total. The Kier molecular flexibility index (Phi) is 3.80. The van der Waals surface area contributed by atoms with E-state index in [4.69, 9.17) is 4.74 Å². The van der Waals surface area contributed by atoms with Crippen LogP contribution >= 0.6 is 0 Å². The summed E-state index contributed by atoms with van der Waals surface area (Å²) >= 11 is 0. The van der Waals surface area contributed by atoms with Crippen molar-refractivity contribution in [3.8, 4) is 5.75 Å². The van der Waals surface area contributed by atoms with Gasteiger partial charge in [0.1, 0.15) is 5.75 Å². The van der Waals surface area contributed by atoms with Crippen LogP contribution in [-0.2, 0) is 5.60 Å². The fourth-order valence-corrected chi connectivity index (χ4v) is 2.85. The lowest BCUT2D eigenvalue weighted by Gasteiger charge is -2.39. The zero-order valence-corrected chi connectivity index (χ0v) is 12.2. The van der Waals surface area contributed by atoms with Crippen molar-refractivity contribution in [2.24, 2.45) is 0 Å². The standard InChI is InChI=1S/C17H20N2O2/c1-21-16-11-14(12-18-13-16)17(20)7-9-19(10-8-17)15-5-3-2-4-6-15/h2-6,11-13,20H,7-10H2,1H3. The largest absolute Gasteiger partial charge is 0.495 e. The lowest BCUT2D eigenvalue weighted by molar-refractivity contribution is 0.0113. The Morgan fingerprint density at radius 2 is 1.86 bits per heavy atom. The van der Waals surface area contributed by atoms with Crippen LogP contribution in [0.4, 0.5) is 5.69 Å². The minimum atomic E-state index is -0.813. The molecule has 0 spiro atoms. The summed E-state index contributed by atoms with van der Waals surface area (Å²) in [6.07, 6.45) is 4.78. The molecule has 1 saturated heterocycles. The van der Waals surface area contributed by atoms with Crippen LogP contribution in [-0.4, -0.2) is 30.3 Å². The molecule has 1 N–H and O–H groups in total. The molecule has 1 fully saturated rings. The average molecular weight is 284 g/mol. The number of ether oxygens (including phenoxy) is 1. The Balaban J connectivity index is 1.74. The van der Waals surface area contributed by atoms with E-state index in [2.05, 4.69) is 22.0 Å². The van der Waals surface area contributed by atoms with Gasteiger partial charge in [-0.05, 0) is 31.0 Å². The average Bonchev–Trinajstić information content (AvgIpc) is 2.56. The molecule has 0 saturated carbocycles. The zero-order chi connectivity index (χ0) is 14.7. The molecule has 4 heteroatoms. The second-order valence-corrected chi connectivity index (χ2v) is 5.47. The Bertz CT molecular complexity index is 593. The molecule has 0 atom stereocenters. The maximum atomic E-state index is 10.9. The van der Waals surface area contributed by atoms with E-state index in [1.165, 1.54) is 5.69 Å². The van der Waals surface area contributed by atoms with Crippen molar-refractivity contribution >= 4 is 5.69 Å². The number of anilines is 1. The number of benzene rings is 1. The number of aromatic nitrogens is 1. The third kappa shape index (κ3) is 2.85. The number of hydrogen-bond donors (Lipinski definition) is 1. The molecular weight excluding hydrogens is 264 g/mol. The number of aliphatic hydroxyl groups is 1. The predicted molar refractivity (Wildman–Crippen MR) is 82.6 cm³/mol. The first kappa shape index (κ1) is 13.9. The summed E-state index contributed by atoms with van der Waals surface area (Å²) < 4.78 is 5.20. The van der Waals surface area contributed by atoms with Gasteiger partial charge in [-0.1, -0.05) is 18.2 Å². The van der Waals surface area contributed by atoms with Gasteiger partial charge in [0.15, 0.2) is 0 Å². The first-order valence-electron chi connectivity index (χ1n) is 7.23. The van der Waals surface area contributed by atoms with Gasteiger partial charge < -0.3 is 14.7 Å². The number of methoxy groups -OCH3 is 1. The van der Waals surface area contributed by atoms with Crippen LogP contribution in [0.2, 0.25) is 0 Å². The van der Waals surface area contributed by atoms with Crippen LogP contribution in [0.3, 0.4) is 0 Å². The third-order valence-electron chi connectivity index (χ3n) is 4.20. The topological polar surface area (TPSA) is 45.6 Å². The second kappa shape index (κ2) is 5.74. The summed E-state index contributed by atoms with van der Waals surface area (Å²) in [6.45, 7) is 1.66. The Hall–Kier alpha value is -2.07. The summed E-state index contributed by atoms with van der Waals surface area (Å²) in [5, 5.41) is 10.9. The van der Waals surface area contributed by atoms with E-state index >= 15 is 0 Å². The minimum absolute atomic E-state index is 0.686. The Morgan fingerprint density at radius 3 is 2.52 bits per heavy atom. The molecule has 21 heavy (non-hydrogen) atoms. The molecule has 2 aromatic rings. The van der Waals surface area contributed by atoms with Gasteiger partial charge in [0.25, 0.3) is 0 Å². The Morgan fingerprint density at radius 1 is 1.14 bits per heavy atom. The first-order valence-corrected chi connectivity index (χ1v) is 7.23. The van der Waals surface area contributed by atoms with Gasteiger partial charge in [0.2, 0.25) is 0 Å². The third-order valence-corrected chi connectivity index (χ3v) is 4.20. The van der Waals surface area contributed by atoms with Gasteiger partial charge in [-0.25, -0.2) is 0 Å². The molecule has 0 amide bonds. The summed E-state index contributed by atoms with van der Waals surface area (Å²) in [5.74, 6) is 0.686. The normalized spacial score (nSPS) is 17.5. The number of nitrogens with zero attached hydrogens (tertiary/aromatic N) is 2. The number of rotatable bonds is 3. The smallest absolute Gasteiger partial charge is 0.137 e. The van der Waals surface area contributed by atoms with Gasteiger partial charge in [-0.15, -0.1) is 0 Å². The number of piperidine rings is 1. The highest BCUT2D eigenvalue weighted by atomic mass is 16.5. The molecule has 1 aromatic carbocycles. The van der Waals surface area contributed by atoms with Gasteiger partial charge in [-0.2, -0.15) is 0 Å². The van der Waals surface area contributed by atoms with E-state index in [1.54, 1.807) is 19.5 Å². The van der Waals surface area contributed by atoms with Crippen molar-refractivity contribution < 1.29 is 9.84 Å². The van der Waals surface area contributed by atoms with Crippen LogP contribution in [0.1, 0.15) is 18.4 Å². The van der Waals surface area contributed by atoms with Crippen molar-refractivity contribution in [1.29, 1.82) is 0 Å². The first-order chi connectivity index (χ1) is 10.2. The number of para-hydroxylation sites is 1. The highest BCUT2D eigenvalue weighted by Crippen LogP contribution is 2.35. The van der Waals surface area contributed by atoms with E-state index in [0.717, 1.165) is 18.7 Å². The Labute approximate surface area is 125 Å². The molecule has 0 bridgehead atoms. The van der Waals surface area contributed by atoms with Crippen molar-refractivity contribution in [2.45, 2.75) is 18.4 Å². The summed E-state index contributed by atoms with van der Waals surface area (Å²) in [7, 11) is 1.61. The quantitative estimate of drug-likeness (QED) is 0.941. The van der Waals surface area contributed by atoms with Crippen molar-refractivity contribution in [1.82, 2.24) is 4.98 Å². The molecule has 1 aromatic heterocycles. The summed E-state index contributed by atoms with van der Waals surface area (Å²) in [4.78, 5) is 6.46.